The van der Waals surface area contributed by atoms with Crippen LogP contribution in [0.5, 0.6) is 0 Å². The molecule has 0 aromatic heterocycles. The first kappa shape index (κ1) is 28.5. The summed E-state index contributed by atoms with van der Waals surface area (Å²) in [5.41, 5.74) is 21.9. The second-order valence-electron chi connectivity index (χ2n) is 11.2. The molecule has 0 aliphatic carbocycles. The van der Waals surface area contributed by atoms with Crippen molar-refractivity contribution in [3.05, 3.63) is 130 Å². The van der Waals surface area contributed by atoms with Crippen LogP contribution in [0.15, 0.2) is 97.1 Å². The lowest BCUT2D eigenvalue weighted by atomic mass is 9.84. The van der Waals surface area contributed by atoms with Crippen molar-refractivity contribution in [2.75, 3.05) is 11.5 Å². The van der Waals surface area contributed by atoms with Crippen molar-refractivity contribution in [3.63, 3.8) is 0 Å². The third kappa shape index (κ3) is 7.76. The number of nitrogen functional groups attached to an aromatic ring is 2. The molecule has 4 aromatic rings. The predicted octanol–water partition coefficient (Wildman–Crippen LogP) is 9.84. The smallest absolute Gasteiger partial charge is 0.0314 e. The van der Waals surface area contributed by atoms with E-state index in [9.17, 15) is 0 Å². The molecule has 4 aromatic carbocycles. The molecular weight excluding hydrogens is 472 g/mol. The maximum atomic E-state index is 5.95. The molecule has 0 heterocycles. The number of nitrogens with two attached hydrogens (primary N) is 2. The maximum Gasteiger partial charge on any atom is 0.0314 e. The molecule has 0 saturated carbocycles. The molecule has 0 amide bonds. The van der Waals surface area contributed by atoms with E-state index in [1.165, 1.54) is 59.1 Å². The van der Waals surface area contributed by atoms with Crippen LogP contribution in [0.4, 0.5) is 11.4 Å². The summed E-state index contributed by atoms with van der Waals surface area (Å²) in [6.07, 6.45) is 8.23. The van der Waals surface area contributed by atoms with Crippen molar-refractivity contribution in [3.8, 4) is 0 Å². The van der Waals surface area contributed by atoms with Gasteiger partial charge in [0.1, 0.15) is 0 Å². The summed E-state index contributed by atoms with van der Waals surface area (Å²) in [5.74, 6) is 1.30. The number of unbranched alkanes of at least 4 members (excludes halogenated alkanes) is 2. The van der Waals surface area contributed by atoms with Gasteiger partial charge in [-0.15, -0.1) is 0 Å². The SMILES string of the molecule is CCCCC(c1ccc(N)cc1)c1ccc(CC(C)c2ccc(C(CCCC)c3ccc(N)cc3)cc2)cc1. The molecule has 0 bridgehead atoms. The number of rotatable bonds is 13. The van der Waals surface area contributed by atoms with E-state index in [1.807, 2.05) is 24.3 Å². The van der Waals surface area contributed by atoms with Gasteiger partial charge in [-0.05, 0) is 82.8 Å². The normalized spacial score (nSPS) is 13.6. The first-order chi connectivity index (χ1) is 19.0. The van der Waals surface area contributed by atoms with E-state index in [1.54, 1.807) is 0 Å². The fraction of sp³-hybridized carbons (Fsp3) is 0.351. The van der Waals surface area contributed by atoms with Crippen LogP contribution < -0.4 is 11.5 Å². The molecule has 0 radical (unpaired) electrons. The largest absolute Gasteiger partial charge is 0.399 e. The van der Waals surface area contributed by atoms with Gasteiger partial charge in [-0.3, -0.25) is 0 Å². The topological polar surface area (TPSA) is 52.0 Å². The number of hydrogen-bond acceptors (Lipinski definition) is 2. The molecule has 3 atom stereocenters. The fourth-order valence-corrected chi connectivity index (χ4v) is 5.74. The van der Waals surface area contributed by atoms with Crippen molar-refractivity contribution >= 4 is 11.4 Å². The number of hydrogen-bond donors (Lipinski definition) is 2. The minimum atomic E-state index is 0.421. The summed E-state index contributed by atoms with van der Waals surface area (Å²) in [5, 5.41) is 0. The van der Waals surface area contributed by atoms with E-state index in [4.69, 9.17) is 11.5 Å². The van der Waals surface area contributed by atoms with E-state index in [2.05, 4.69) is 93.6 Å². The molecule has 4 N–H and O–H groups in total. The Labute approximate surface area is 236 Å². The summed E-state index contributed by atoms with van der Waals surface area (Å²) < 4.78 is 0. The Bertz CT molecular complexity index is 1260. The zero-order valence-corrected chi connectivity index (χ0v) is 24.1. The van der Waals surface area contributed by atoms with Gasteiger partial charge in [0, 0.05) is 23.2 Å². The van der Waals surface area contributed by atoms with Crippen molar-refractivity contribution < 1.29 is 0 Å². The van der Waals surface area contributed by atoms with Crippen LogP contribution in [0, 0.1) is 0 Å². The van der Waals surface area contributed by atoms with Gasteiger partial charge in [0.25, 0.3) is 0 Å². The van der Waals surface area contributed by atoms with E-state index in [-0.39, 0.29) is 0 Å². The molecule has 3 unspecified atom stereocenters. The molecule has 204 valence electrons. The van der Waals surface area contributed by atoms with Crippen molar-refractivity contribution in [1.29, 1.82) is 0 Å². The summed E-state index contributed by atoms with van der Waals surface area (Å²) >= 11 is 0. The average molecular weight is 519 g/mol. The van der Waals surface area contributed by atoms with Gasteiger partial charge in [0.15, 0.2) is 0 Å². The molecule has 0 saturated heterocycles. The van der Waals surface area contributed by atoms with Crippen LogP contribution in [0.3, 0.4) is 0 Å². The minimum Gasteiger partial charge on any atom is -0.399 e. The maximum absolute atomic E-state index is 5.95. The van der Waals surface area contributed by atoms with Crippen molar-refractivity contribution in [1.82, 2.24) is 0 Å². The van der Waals surface area contributed by atoms with Crippen LogP contribution in [0.1, 0.15) is 110 Å². The zero-order chi connectivity index (χ0) is 27.6. The highest BCUT2D eigenvalue weighted by Gasteiger charge is 2.16. The Morgan fingerprint density at radius 3 is 1.21 bits per heavy atom. The van der Waals surface area contributed by atoms with E-state index < -0.39 is 0 Å². The lowest BCUT2D eigenvalue weighted by Gasteiger charge is -2.20. The standard InChI is InChI=1S/C37H46N2/c1-4-6-8-36(32-18-22-34(38)23-19-32)30-12-10-28(11-13-30)26-27(3)29-14-16-31(17-15-29)37(9-7-5-2)33-20-24-35(39)25-21-33/h10-25,27,36-37H,4-9,26,38-39H2,1-3H3. The lowest BCUT2D eigenvalue weighted by Crippen LogP contribution is -2.04. The second-order valence-corrected chi connectivity index (χ2v) is 11.2. The molecule has 0 aliphatic heterocycles. The Balaban J connectivity index is 1.45. The molecular formula is C37H46N2. The molecule has 2 nitrogen and oxygen atoms in total. The van der Waals surface area contributed by atoms with E-state index in [0.717, 1.165) is 30.6 Å². The van der Waals surface area contributed by atoms with E-state index in [0.29, 0.717) is 17.8 Å². The van der Waals surface area contributed by atoms with Crippen LogP contribution in [-0.4, -0.2) is 0 Å². The summed E-state index contributed by atoms with van der Waals surface area (Å²) in [4.78, 5) is 0. The zero-order valence-electron chi connectivity index (χ0n) is 24.1. The summed E-state index contributed by atoms with van der Waals surface area (Å²) in [7, 11) is 0. The average Bonchev–Trinajstić information content (AvgIpc) is 2.96. The molecule has 2 heteroatoms. The van der Waals surface area contributed by atoms with E-state index >= 15 is 0 Å². The third-order valence-corrected chi connectivity index (χ3v) is 8.20. The number of anilines is 2. The van der Waals surface area contributed by atoms with Crippen LogP contribution in [-0.2, 0) is 6.42 Å². The molecule has 0 aliphatic rings. The first-order valence-corrected chi connectivity index (χ1v) is 14.9. The summed E-state index contributed by atoms with van der Waals surface area (Å²) in [6, 6.07) is 35.6. The quantitative estimate of drug-likeness (QED) is 0.173. The summed E-state index contributed by atoms with van der Waals surface area (Å²) in [6.45, 7) is 6.87. The van der Waals surface area contributed by atoms with Gasteiger partial charge >= 0.3 is 0 Å². The first-order valence-electron chi connectivity index (χ1n) is 14.9. The number of benzene rings is 4. The van der Waals surface area contributed by atoms with Crippen LogP contribution >= 0.6 is 0 Å². The Hall–Kier alpha value is -3.52. The molecule has 0 fully saturated rings. The lowest BCUT2D eigenvalue weighted by molar-refractivity contribution is 0.649. The minimum absolute atomic E-state index is 0.421. The highest BCUT2D eigenvalue weighted by molar-refractivity contribution is 5.44. The molecule has 39 heavy (non-hydrogen) atoms. The van der Waals surface area contributed by atoms with Gasteiger partial charge in [-0.1, -0.05) is 119 Å². The molecule has 0 spiro atoms. The monoisotopic (exact) mass is 518 g/mol. The van der Waals surface area contributed by atoms with Crippen molar-refractivity contribution in [2.45, 2.75) is 83.5 Å². The fourth-order valence-electron chi connectivity index (χ4n) is 5.74. The highest BCUT2D eigenvalue weighted by atomic mass is 14.5. The van der Waals surface area contributed by atoms with Gasteiger partial charge in [-0.25, -0.2) is 0 Å². The van der Waals surface area contributed by atoms with Crippen molar-refractivity contribution in [2.24, 2.45) is 0 Å². The molecule has 4 rings (SSSR count). The van der Waals surface area contributed by atoms with Crippen LogP contribution in [0.2, 0.25) is 0 Å². The Morgan fingerprint density at radius 2 is 0.821 bits per heavy atom. The van der Waals surface area contributed by atoms with Gasteiger partial charge < -0.3 is 11.5 Å². The Morgan fingerprint density at radius 1 is 0.487 bits per heavy atom. The highest BCUT2D eigenvalue weighted by Crippen LogP contribution is 2.33. The second kappa shape index (κ2) is 14.0. The van der Waals surface area contributed by atoms with Crippen LogP contribution in [0.25, 0.3) is 0 Å². The Kier molecular flexibility index (Phi) is 10.3. The van der Waals surface area contributed by atoms with Gasteiger partial charge in [-0.2, -0.15) is 0 Å². The van der Waals surface area contributed by atoms with Gasteiger partial charge in [0.05, 0.1) is 0 Å². The predicted molar refractivity (Wildman–Crippen MR) is 169 cm³/mol. The van der Waals surface area contributed by atoms with Gasteiger partial charge in [0.2, 0.25) is 0 Å². The third-order valence-electron chi connectivity index (χ3n) is 8.20.